The Bertz CT molecular complexity index is 674. The van der Waals surface area contributed by atoms with Gasteiger partial charge in [0.15, 0.2) is 11.5 Å². The van der Waals surface area contributed by atoms with E-state index < -0.39 is 5.97 Å². The molecule has 0 saturated carbocycles. The van der Waals surface area contributed by atoms with E-state index in [4.69, 9.17) is 9.47 Å². The molecular weight excluding hydrogens is 268 g/mol. The number of hydrogen-bond donors (Lipinski definition) is 1. The Morgan fingerprint density at radius 2 is 1.90 bits per heavy atom. The van der Waals surface area contributed by atoms with Crippen molar-refractivity contribution in [3.8, 4) is 17.2 Å². The number of ether oxygens (including phenoxy) is 2. The first-order valence-electron chi connectivity index (χ1n) is 6.46. The Morgan fingerprint density at radius 1 is 1.14 bits per heavy atom. The van der Waals surface area contributed by atoms with Gasteiger partial charge in [-0.15, -0.1) is 0 Å². The van der Waals surface area contributed by atoms with Gasteiger partial charge < -0.3 is 14.6 Å². The van der Waals surface area contributed by atoms with Crippen molar-refractivity contribution in [1.82, 2.24) is 0 Å². The predicted octanol–water partition coefficient (Wildman–Crippen LogP) is 3.65. The van der Waals surface area contributed by atoms with Crippen molar-refractivity contribution in [3.05, 3.63) is 59.7 Å². The van der Waals surface area contributed by atoms with Gasteiger partial charge in [-0.25, -0.2) is 4.79 Å². The second-order valence-corrected chi connectivity index (χ2v) is 4.32. The molecule has 0 aliphatic heterocycles. The van der Waals surface area contributed by atoms with Gasteiger partial charge in [-0.1, -0.05) is 30.4 Å². The molecule has 1 N–H and O–H groups in total. The van der Waals surface area contributed by atoms with Crippen LogP contribution >= 0.6 is 0 Å². The number of carbonyl (C=O) groups excluding carboxylic acids is 1. The highest BCUT2D eigenvalue weighted by molar-refractivity contribution is 5.94. The molecule has 0 spiro atoms. The third-order valence-corrected chi connectivity index (χ3v) is 2.87. The molecule has 4 nitrogen and oxygen atoms in total. The molecule has 0 radical (unpaired) electrons. The lowest BCUT2D eigenvalue weighted by atomic mass is 10.2. The highest BCUT2D eigenvalue weighted by Crippen LogP contribution is 2.30. The van der Waals surface area contributed by atoms with Crippen molar-refractivity contribution < 1.29 is 19.4 Å². The number of benzene rings is 2. The number of aromatic hydroxyl groups is 1. The van der Waals surface area contributed by atoms with Gasteiger partial charge in [-0.3, -0.25) is 0 Å². The number of phenols is 1. The van der Waals surface area contributed by atoms with Crippen LogP contribution in [0.4, 0.5) is 0 Å². The molecule has 4 heteroatoms. The molecule has 2 aromatic rings. The third kappa shape index (κ3) is 3.42. The van der Waals surface area contributed by atoms with Crippen molar-refractivity contribution in [3.63, 3.8) is 0 Å². The van der Waals surface area contributed by atoms with Gasteiger partial charge in [0, 0.05) is 0 Å². The van der Waals surface area contributed by atoms with Crippen LogP contribution in [-0.2, 0) is 0 Å². The van der Waals surface area contributed by atoms with Crippen LogP contribution in [0.15, 0.2) is 48.5 Å². The van der Waals surface area contributed by atoms with Gasteiger partial charge in [-0.2, -0.15) is 0 Å². The summed E-state index contributed by atoms with van der Waals surface area (Å²) in [7, 11) is 1.51. The molecule has 0 bridgehead atoms. The van der Waals surface area contributed by atoms with Crippen molar-refractivity contribution in [2.24, 2.45) is 0 Å². The molecule has 0 fully saturated rings. The minimum atomic E-state index is -0.634. The first-order valence-corrected chi connectivity index (χ1v) is 6.46. The average Bonchev–Trinajstić information content (AvgIpc) is 2.49. The number of allylic oxidation sites excluding steroid dienone is 1. The number of hydrogen-bond acceptors (Lipinski definition) is 4. The van der Waals surface area contributed by atoms with Crippen LogP contribution in [0.25, 0.3) is 6.08 Å². The number of para-hydroxylation sites is 1. The standard InChI is InChI=1S/C17H16O4/c1-3-6-12-9-10-15(16(11-12)20-2)21-17(19)13-7-4-5-8-14(13)18/h3-11,18H,1-2H3. The van der Waals surface area contributed by atoms with E-state index >= 15 is 0 Å². The second kappa shape index (κ2) is 6.61. The molecule has 21 heavy (non-hydrogen) atoms. The van der Waals surface area contributed by atoms with Gasteiger partial charge in [0.25, 0.3) is 0 Å². The lowest BCUT2D eigenvalue weighted by Gasteiger charge is -2.10. The SMILES string of the molecule is CC=Cc1ccc(OC(=O)c2ccccc2O)c(OC)c1. The minimum Gasteiger partial charge on any atom is -0.507 e. The number of carbonyl (C=O) groups is 1. The largest absolute Gasteiger partial charge is 0.507 e. The number of methoxy groups -OCH3 is 1. The highest BCUT2D eigenvalue weighted by atomic mass is 16.6. The van der Waals surface area contributed by atoms with E-state index in [1.807, 2.05) is 25.1 Å². The fourth-order valence-electron chi connectivity index (χ4n) is 1.87. The summed E-state index contributed by atoms with van der Waals surface area (Å²) < 4.78 is 10.5. The zero-order valence-electron chi connectivity index (χ0n) is 11.9. The van der Waals surface area contributed by atoms with Gasteiger partial charge in [0.2, 0.25) is 0 Å². The first-order chi connectivity index (χ1) is 10.2. The molecular formula is C17H16O4. The van der Waals surface area contributed by atoms with E-state index in [-0.39, 0.29) is 11.3 Å². The zero-order valence-corrected chi connectivity index (χ0v) is 11.9. The van der Waals surface area contributed by atoms with Crippen LogP contribution < -0.4 is 9.47 Å². The molecule has 0 unspecified atom stereocenters. The van der Waals surface area contributed by atoms with E-state index in [2.05, 4.69) is 0 Å². The van der Waals surface area contributed by atoms with Crippen LogP contribution in [-0.4, -0.2) is 18.2 Å². The van der Waals surface area contributed by atoms with E-state index in [1.54, 1.807) is 24.3 Å². The summed E-state index contributed by atoms with van der Waals surface area (Å²) in [4.78, 5) is 12.1. The molecule has 0 saturated heterocycles. The topological polar surface area (TPSA) is 55.8 Å². The summed E-state index contributed by atoms with van der Waals surface area (Å²) in [6.07, 6.45) is 3.82. The van der Waals surface area contributed by atoms with Crippen molar-refractivity contribution in [2.75, 3.05) is 7.11 Å². The fraction of sp³-hybridized carbons (Fsp3) is 0.118. The Kier molecular flexibility index (Phi) is 4.61. The maximum Gasteiger partial charge on any atom is 0.347 e. The summed E-state index contributed by atoms with van der Waals surface area (Å²) >= 11 is 0. The quantitative estimate of drug-likeness (QED) is 0.687. The Labute approximate surface area is 123 Å². The van der Waals surface area contributed by atoms with E-state index in [0.717, 1.165) is 5.56 Å². The van der Waals surface area contributed by atoms with Crippen molar-refractivity contribution in [2.45, 2.75) is 6.92 Å². The lowest BCUT2D eigenvalue weighted by molar-refractivity contribution is 0.0726. The Hall–Kier alpha value is -2.75. The van der Waals surface area contributed by atoms with Gasteiger partial charge in [-0.05, 0) is 36.8 Å². The number of phenolic OH excluding ortho intramolecular Hbond substituents is 1. The van der Waals surface area contributed by atoms with Crippen LogP contribution in [0.3, 0.4) is 0 Å². The first kappa shape index (κ1) is 14.7. The van der Waals surface area contributed by atoms with E-state index in [0.29, 0.717) is 11.5 Å². The third-order valence-electron chi connectivity index (χ3n) is 2.87. The van der Waals surface area contributed by atoms with Crippen molar-refractivity contribution in [1.29, 1.82) is 0 Å². The molecule has 0 heterocycles. The van der Waals surface area contributed by atoms with E-state index in [9.17, 15) is 9.90 Å². The van der Waals surface area contributed by atoms with E-state index in [1.165, 1.54) is 19.2 Å². The Balaban J connectivity index is 2.27. The summed E-state index contributed by atoms with van der Waals surface area (Å²) in [5.74, 6) is 0.00515. The van der Waals surface area contributed by atoms with Gasteiger partial charge in [0.05, 0.1) is 7.11 Å². The highest BCUT2D eigenvalue weighted by Gasteiger charge is 2.15. The van der Waals surface area contributed by atoms with Gasteiger partial charge in [0.1, 0.15) is 11.3 Å². The fourth-order valence-corrected chi connectivity index (χ4v) is 1.87. The number of rotatable bonds is 4. The molecule has 2 aromatic carbocycles. The normalized spacial score (nSPS) is 10.6. The minimum absolute atomic E-state index is 0.108. The second-order valence-electron chi connectivity index (χ2n) is 4.32. The lowest BCUT2D eigenvalue weighted by Crippen LogP contribution is -2.09. The molecule has 0 aliphatic rings. The maximum atomic E-state index is 12.1. The smallest absolute Gasteiger partial charge is 0.347 e. The van der Waals surface area contributed by atoms with Crippen LogP contribution in [0.5, 0.6) is 17.2 Å². The van der Waals surface area contributed by atoms with Gasteiger partial charge >= 0.3 is 5.97 Å². The average molecular weight is 284 g/mol. The van der Waals surface area contributed by atoms with Crippen molar-refractivity contribution >= 4 is 12.0 Å². The molecule has 2 rings (SSSR count). The molecule has 0 amide bonds. The summed E-state index contributed by atoms with van der Waals surface area (Å²) in [5.41, 5.74) is 1.05. The summed E-state index contributed by atoms with van der Waals surface area (Å²) in [6, 6.07) is 11.5. The zero-order chi connectivity index (χ0) is 15.2. The van der Waals surface area contributed by atoms with Crippen LogP contribution in [0.2, 0.25) is 0 Å². The molecule has 0 atom stereocenters. The molecule has 0 aromatic heterocycles. The molecule has 108 valence electrons. The maximum absolute atomic E-state index is 12.1. The monoisotopic (exact) mass is 284 g/mol. The Morgan fingerprint density at radius 3 is 2.57 bits per heavy atom. The van der Waals surface area contributed by atoms with Crippen LogP contribution in [0, 0.1) is 0 Å². The van der Waals surface area contributed by atoms with Crippen LogP contribution in [0.1, 0.15) is 22.8 Å². The summed E-state index contributed by atoms with van der Waals surface area (Å²) in [5, 5.41) is 9.66. The summed E-state index contributed by atoms with van der Waals surface area (Å²) in [6.45, 7) is 1.92. The predicted molar refractivity (Wildman–Crippen MR) is 80.8 cm³/mol. The number of esters is 1. The molecule has 0 aliphatic carbocycles.